The predicted octanol–water partition coefficient (Wildman–Crippen LogP) is 19.4. The van der Waals surface area contributed by atoms with Crippen molar-refractivity contribution in [2.24, 2.45) is 0 Å². The third-order valence-corrected chi connectivity index (χ3v) is 13.5. The minimum atomic E-state index is -0.870. The summed E-state index contributed by atoms with van der Waals surface area (Å²) >= 11 is 0. The number of rotatable bonds is 54. The first-order valence-corrected chi connectivity index (χ1v) is 29.4. The number of hydrogen-bond donors (Lipinski definition) is 3. The average Bonchev–Trinajstić information content (AvgIpc) is 3.31. The lowest BCUT2D eigenvalue weighted by molar-refractivity contribution is -0.123. The van der Waals surface area contributed by atoms with E-state index in [1.165, 1.54) is 257 Å². The number of unbranched alkanes of at least 4 members (excludes halogenated alkanes) is 41. The second kappa shape index (κ2) is 56.7. The van der Waals surface area contributed by atoms with Crippen LogP contribution < -0.4 is 5.32 Å². The fraction of sp³-hybridized carbons (Fsp3) is 0.852. The van der Waals surface area contributed by atoms with Gasteiger partial charge in [-0.3, -0.25) is 4.79 Å². The summed E-state index contributed by atoms with van der Waals surface area (Å²) in [5.41, 5.74) is 0. The van der Waals surface area contributed by atoms with Crippen molar-refractivity contribution in [3.05, 3.63) is 48.6 Å². The number of aliphatic hydroxyl groups excluding tert-OH is 2. The van der Waals surface area contributed by atoms with E-state index in [-0.39, 0.29) is 12.5 Å². The van der Waals surface area contributed by atoms with E-state index in [0.29, 0.717) is 6.42 Å². The zero-order valence-corrected chi connectivity index (χ0v) is 44.0. The molecular formula is C61H115NO3. The van der Waals surface area contributed by atoms with Crippen LogP contribution in [0.5, 0.6) is 0 Å². The van der Waals surface area contributed by atoms with Gasteiger partial charge in [-0.25, -0.2) is 0 Å². The van der Waals surface area contributed by atoms with Gasteiger partial charge in [0.05, 0.1) is 18.8 Å². The summed E-state index contributed by atoms with van der Waals surface area (Å²) < 4.78 is 0. The van der Waals surface area contributed by atoms with Gasteiger partial charge in [0, 0.05) is 6.42 Å². The molecule has 4 nitrogen and oxygen atoms in total. The molecule has 1 amide bonds. The van der Waals surface area contributed by atoms with E-state index < -0.39 is 12.1 Å². The minimum Gasteiger partial charge on any atom is -0.394 e. The van der Waals surface area contributed by atoms with Crippen molar-refractivity contribution >= 4 is 5.91 Å². The molecule has 0 saturated carbocycles. The molecule has 0 rings (SSSR count). The van der Waals surface area contributed by atoms with Crippen LogP contribution in [0.25, 0.3) is 0 Å². The van der Waals surface area contributed by atoms with Gasteiger partial charge in [-0.2, -0.15) is 0 Å². The van der Waals surface area contributed by atoms with Gasteiger partial charge in [0.25, 0.3) is 0 Å². The molecule has 0 aliphatic rings. The van der Waals surface area contributed by atoms with Crippen molar-refractivity contribution in [2.75, 3.05) is 6.61 Å². The number of hydrogen-bond acceptors (Lipinski definition) is 3. The van der Waals surface area contributed by atoms with E-state index in [0.717, 1.165) is 38.5 Å². The smallest absolute Gasteiger partial charge is 0.220 e. The molecule has 0 aromatic carbocycles. The van der Waals surface area contributed by atoms with Crippen LogP contribution in [0.2, 0.25) is 0 Å². The van der Waals surface area contributed by atoms with Crippen LogP contribution in [0.3, 0.4) is 0 Å². The summed E-state index contributed by atoms with van der Waals surface area (Å²) in [4.78, 5) is 12.5. The van der Waals surface area contributed by atoms with Crippen molar-refractivity contribution in [2.45, 2.75) is 328 Å². The molecule has 0 saturated heterocycles. The van der Waals surface area contributed by atoms with Crippen molar-refractivity contribution in [1.82, 2.24) is 5.32 Å². The van der Waals surface area contributed by atoms with Crippen LogP contribution >= 0.6 is 0 Å². The Morgan fingerprint density at radius 2 is 0.600 bits per heavy atom. The van der Waals surface area contributed by atoms with Crippen molar-refractivity contribution in [3.63, 3.8) is 0 Å². The quantitative estimate of drug-likeness (QED) is 0.0421. The summed E-state index contributed by atoms with van der Waals surface area (Å²) in [5, 5.41) is 23.1. The molecule has 0 aromatic heterocycles. The fourth-order valence-electron chi connectivity index (χ4n) is 9.03. The van der Waals surface area contributed by atoms with Gasteiger partial charge in [0.15, 0.2) is 0 Å². The molecule has 0 aromatic rings. The molecule has 0 radical (unpaired) electrons. The summed E-state index contributed by atoms with van der Waals surface area (Å²) in [7, 11) is 0. The molecule has 0 bridgehead atoms. The molecule has 382 valence electrons. The van der Waals surface area contributed by atoms with Gasteiger partial charge in [-0.15, -0.1) is 0 Å². The Morgan fingerprint density at radius 3 is 0.892 bits per heavy atom. The zero-order chi connectivity index (χ0) is 47.0. The second-order valence-electron chi connectivity index (χ2n) is 20.0. The molecule has 4 heteroatoms. The van der Waals surface area contributed by atoms with Crippen LogP contribution in [-0.2, 0) is 4.79 Å². The normalized spacial score (nSPS) is 13.1. The highest BCUT2D eigenvalue weighted by Gasteiger charge is 2.18. The number of carbonyl (C=O) groups excluding carboxylic acids is 1. The minimum absolute atomic E-state index is 0.0737. The first-order valence-electron chi connectivity index (χ1n) is 29.4. The summed E-state index contributed by atoms with van der Waals surface area (Å²) in [6.07, 6.45) is 78.6. The predicted molar refractivity (Wildman–Crippen MR) is 290 cm³/mol. The number of allylic oxidation sites excluding steroid dienone is 7. The van der Waals surface area contributed by atoms with Crippen LogP contribution in [-0.4, -0.2) is 34.9 Å². The van der Waals surface area contributed by atoms with Crippen molar-refractivity contribution in [1.29, 1.82) is 0 Å². The third kappa shape index (κ3) is 53.2. The Hall–Kier alpha value is -1.65. The summed E-state index contributed by atoms with van der Waals surface area (Å²) in [6.45, 7) is 4.32. The average molecular weight is 911 g/mol. The molecule has 0 heterocycles. The molecule has 0 spiro atoms. The number of nitrogens with one attached hydrogen (secondary N) is 1. The Bertz CT molecular complexity index is 1030. The maximum absolute atomic E-state index is 12.5. The lowest BCUT2D eigenvalue weighted by Crippen LogP contribution is -2.45. The second-order valence-corrected chi connectivity index (χ2v) is 20.0. The highest BCUT2D eigenvalue weighted by Crippen LogP contribution is 2.17. The van der Waals surface area contributed by atoms with Gasteiger partial charge in [-0.1, -0.05) is 287 Å². The Labute approximate surface area is 407 Å². The third-order valence-electron chi connectivity index (χ3n) is 13.5. The Morgan fingerprint density at radius 1 is 0.354 bits per heavy atom. The van der Waals surface area contributed by atoms with Gasteiger partial charge in [0.2, 0.25) is 5.91 Å². The van der Waals surface area contributed by atoms with Gasteiger partial charge in [-0.05, 0) is 70.6 Å². The fourth-order valence-corrected chi connectivity index (χ4v) is 9.03. The highest BCUT2D eigenvalue weighted by atomic mass is 16.3. The molecule has 0 aliphatic carbocycles. The highest BCUT2D eigenvalue weighted by molar-refractivity contribution is 5.76. The molecule has 0 fully saturated rings. The lowest BCUT2D eigenvalue weighted by atomic mass is 10.0. The number of carbonyl (C=O) groups is 1. The topological polar surface area (TPSA) is 69.6 Å². The SMILES string of the molecule is CCCCCCCCCCCC/C=C/CC/C=C/CC/C=C/C(O)C(CO)NC(=O)CCCCCCCCCCCCCCCCCCC/C=C\CCCCCCCCCCCCCC. The number of aliphatic hydroxyl groups is 2. The van der Waals surface area contributed by atoms with E-state index in [2.05, 4.69) is 55.6 Å². The lowest BCUT2D eigenvalue weighted by Gasteiger charge is -2.19. The first-order chi connectivity index (χ1) is 32.2. The first kappa shape index (κ1) is 63.4. The Kier molecular flexibility index (Phi) is 55.2. The van der Waals surface area contributed by atoms with Gasteiger partial charge in [0.1, 0.15) is 0 Å². The standard InChI is InChI=1S/C61H115NO3/c1-3-5-7-9-11-13-15-17-19-21-23-25-26-27-28-29-30-31-32-33-34-35-36-37-39-41-43-45-47-49-51-53-55-57-61(65)62-59(58-63)60(64)56-54-52-50-48-46-44-42-40-38-24-22-20-18-16-14-12-10-8-6-4-2/h27-28,38,40,46,48,54,56,59-60,63-64H,3-26,29-37,39,41-45,47,49-53,55,57-58H2,1-2H3,(H,62,65)/b28-27-,40-38+,48-46+,56-54+. The van der Waals surface area contributed by atoms with E-state index >= 15 is 0 Å². The maximum Gasteiger partial charge on any atom is 0.220 e. The van der Waals surface area contributed by atoms with Crippen LogP contribution in [0.1, 0.15) is 316 Å². The molecule has 2 unspecified atom stereocenters. The molecule has 2 atom stereocenters. The molecule has 0 aliphatic heterocycles. The maximum atomic E-state index is 12.5. The van der Waals surface area contributed by atoms with E-state index in [9.17, 15) is 15.0 Å². The van der Waals surface area contributed by atoms with E-state index in [4.69, 9.17) is 0 Å². The van der Waals surface area contributed by atoms with Crippen LogP contribution in [0.15, 0.2) is 48.6 Å². The van der Waals surface area contributed by atoms with E-state index in [1.807, 2.05) is 6.08 Å². The van der Waals surface area contributed by atoms with Crippen molar-refractivity contribution in [3.8, 4) is 0 Å². The van der Waals surface area contributed by atoms with Crippen molar-refractivity contribution < 1.29 is 15.0 Å². The zero-order valence-electron chi connectivity index (χ0n) is 44.0. The monoisotopic (exact) mass is 910 g/mol. The van der Waals surface area contributed by atoms with Gasteiger partial charge >= 0.3 is 0 Å². The molecule has 65 heavy (non-hydrogen) atoms. The summed E-state index contributed by atoms with van der Waals surface area (Å²) in [6, 6.07) is -0.646. The largest absolute Gasteiger partial charge is 0.394 e. The van der Waals surface area contributed by atoms with E-state index in [1.54, 1.807) is 6.08 Å². The van der Waals surface area contributed by atoms with Crippen LogP contribution in [0, 0.1) is 0 Å². The van der Waals surface area contributed by atoms with Gasteiger partial charge < -0.3 is 15.5 Å². The summed E-state index contributed by atoms with van der Waals surface area (Å²) in [5.74, 6) is -0.0737. The molecular weight excluding hydrogens is 795 g/mol. The Balaban J connectivity index is 3.49. The number of amides is 1. The van der Waals surface area contributed by atoms with Crippen LogP contribution in [0.4, 0.5) is 0 Å². The molecule has 3 N–H and O–H groups in total.